The van der Waals surface area contributed by atoms with Crippen LogP contribution in [0.2, 0.25) is 0 Å². The van der Waals surface area contributed by atoms with E-state index in [0.29, 0.717) is 5.56 Å². The summed E-state index contributed by atoms with van der Waals surface area (Å²) in [5.74, 6) is -0.159. The Kier molecular flexibility index (Phi) is 4.46. The number of nitrogens with two attached hydrogens (primary N) is 1. The summed E-state index contributed by atoms with van der Waals surface area (Å²) in [7, 11) is 0. The molecule has 80 valence electrons. The Morgan fingerprint density at radius 3 is 2.80 bits per heavy atom. The summed E-state index contributed by atoms with van der Waals surface area (Å²) in [5, 5.41) is 2.71. The van der Waals surface area contributed by atoms with E-state index in [9.17, 15) is 4.79 Å². The molecule has 0 bridgehead atoms. The molecule has 3 nitrogen and oxygen atoms in total. The normalized spacial score (nSPS) is 11.9. The minimum absolute atomic E-state index is 0.159. The molecule has 0 aliphatic heterocycles. The number of carbonyl (C=O) groups excluding carboxylic acids is 1. The lowest BCUT2D eigenvalue weighted by molar-refractivity contribution is 0.0949. The highest BCUT2D eigenvalue weighted by atomic mass is 127. The minimum atomic E-state index is -0.287. The Morgan fingerprint density at radius 1 is 1.60 bits per heavy atom. The van der Waals surface area contributed by atoms with Gasteiger partial charge in [-0.2, -0.15) is 0 Å². The van der Waals surface area contributed by atoms with Crippen molar-refractivity contribution in [3.63, 3.8) is 0 Å². The monoisotopic (exact) mass is 334 g/mol. The molecule has 0 spiro atoms. The molecule has 0 radical (unpaired) electrons. The van der Waals surface area contributed by atoms with Gasteiger partial charge < -0.3 is 11.1 Å². The van der Waals surface area contributed by atoms with Gasteiger partial charge in [-0.25, -0.2) is 0 Å². The number of rotatable bonds is 3. The molecule has 0 aromatic heterocycles. The minimum Gasteiger partial charge on any atom is -0.392 e. The van der Waals surface area contributed by atoms with Crippen LogP contribution >= 0.6 is 34.8 Å². The maximum Gasteiger partial charge on any atom is 0.251 e. The standard InChI is InChI=1S/C10H11IN2OS/c1-6(9(12)15)13-10(14)7-3-2-4-8(11)5-7/h2-6H,1H3,(H2,12,15)(H,13,14). The van der Waals surface area contributed by atoms with Crippen LogP contribution in [-0.4, -0.2) is 16.9 Å². The summed E-state index contributed by atoms with van der Waals surface area (Å²) >= 11 is 6.93. The average Bonchev–Trinajstić information content (AvgIpc) is 2.17. The summed E-state index contributed by atoms with van der Waals surface area (Å²) < 4.78 is 1.02. The van der Waals surface area contributed by atoms with Gasteiger partial charge in [0.15, 0.2) is 0 Å². The quantitative estimate of drug-likeness (QED) is 0.653. The lowest BCUT2D eigenvalue weighted by Gasteiger charge is -2.11. The van der Waals surface area contributed by atoms with Gasteiger partial charge in [-0.3, -0.25) is 4.79 Å². The summed E-state index contributed by atoms with van der Waals surface area (Å²) in [6, 6.07) is 7.04. The lowest BCUT2D eigenvalue weighted by atomic mass is 10.2. The van der Waals surface area contributed by atoms with E-state index < -0.39 is 0 Å². The molecule has 0 aliphatic rings. The van der Waals surface area contributed by atoms with Gasteiger partial charge in [0.2, 0.25) is 0 Å². The van der Waals surface area contributed by atoms with Gasteiger partial charge in [0.05, 0.1) is 11.0 Å². The van der Waals surface area contributed by atoms with Crippen molar-refractivity contribution in [2.75, 3.05) is 0 Å². The molecule has 0 heterocycles. The van der Waals surface area contributed by atoms with E-state index in [4.69, 9.17) is 18.0 Å². The van der Waals surface area contributed by atoms with E-state index in [1.807, 2.05) is 18.2 Å². The number of hydrogen-bond donors (Lipinski definition) is 2. The van der Waals surface area contributed by atoms with Crippen molar-refractivity contribution in [3.8, 4) is 0 Å². The summed E-state index contributed by atoms with van der Waals surface area (Å²) in [6.45, 7) is 1.76. The fraction of sp³-hybridized carbons (Fsp3) is 0.200. The molecule has 1 aromatic carbocycles. The first kappa shape index (κ1) is 12.4. The number of amides is 1. The Hall–Kier alpha value is -0.690. The molecule has 0 saturated carbocycles. The molecule has 5 heteroatoms. The van der Waals surface area contributed by atoms with E-state index in [1.165, 1.54) is 0 Å². The van der Waals surface area contributed by atoms with E-state index >= 15 is 0 Å². The molecule has 1 atom stereocenters. The number of halogens is 1. The Bertz CT molecular complexity index is 395. The summed E-state index contributed by atoms with van der Waals surface area (Å²) in [6.07, 6.45) is 0. The van der Waals surface area contributed by atoms with Crippen LogP contribution in [0.25, 0.3) is 0 Å². The van der Waals surface area contributed by atoms with Gasteiger partial charge >= 0.3 is 0 Å². The number of benzene rings is 1. The molecule has 1 rings (SSSR count). The van der Waals surface area contributed by atoms with Crippen LogP contribution in [0.4, 0.5) is 0 Å². The molecule has 3 N–H and O–H groups in total. The third kappa shape index (κ3) is 3.75. The first-order valence-electron chi connectivity index (χ1n) is 4.36. The van der Waals surface area contributed by atoms with Crippen LogP contribution in [0.1, 0.15) is 17.3 Å². The highest BCUT2D eigenvalue weighted by Crippen LogP contribution is 2.07. The Labute approximate surface area is 108 Å². The van der Waals surface area contributed by atoms with Gasteiger partial charge in [-0.1, -0.05) is 18.3 Å². The molecular weight excluding hydrogens is 323 g/mol. The van der Waals surface area contributed by atoms with Crippen LogP contribution in [0.3, 0.4) is 0 Å². The molecule has 15 heavy (non-hydrogen) atoms. The second kappa shape index (κ2) is 5.41. The van der Waals surface area contributed by atoms with Crippen molar-refractivity contribution >= 4 is 45.7 Å². The first-order valence-corrected chi connectivity index (χ1v) is 5.85. The fourth-order valence-corrected chi connectivity index (χ4v) is 1.58. The zero-order valence-electron chi connectivity index (χ0n) is 8.16. The first-order chi connectivity index (χ1) is 7.00. The highest BCUT2D eigenvalue weighted by Gasteiger charge is 2.11. The highest BCUT2D eigenvalue weighted by molar-refractivity contribution is 14.1. The van der Waals surface area contributed by atoms with Crippen LogP contribution in [0, 0.1) is 3.57 Å². The summed E-state index contributed by atoms with van der Waals surface area (Å²) in [4.78, 5) is 12.0. The molecule has 1 aromatic rings. The largest absolute Gasteiger partial charge is 0.392 e. The Balaban J connectivity index is 2.73. The van der Waals surface area contributed by atoms with E-state index in [2.05, 4.69) is 27.9 Å². The van der Waals surface area contributed by atoms with Crippen molar-refractivity contribution < 1.29 is 4.79 Å². The predicted octanol–water partition coefficient (Wildman–Crippen LogP) is 1.70. The van der Waals surface area contributed by atoms with E-state index in [0.717, 1.165) is 3.57 Å². The maximum atomic E-state index is 11.7. The molecular formula is C10H11IN2OS. The predicted molar refractivity (Wildman–Crippen MR) is 72.9 cm³/mol. The second-order valence-electron chi connectivity index (χ2n) is 3.11. The van der Waals surface area contributed by atoms with Crippen LogP contribution in [0.15, 0.2) is 24.3 Å². The number of nitrogens with one attached hydrogen (secondary N) is 1. The lowest BCUT2D eigenvalue weighted by Crippen LogP contribution is -2.41. The van der Waals surface area contributed by atoms with Gasteiger partial charge in [0.1, 0.15) is 0 Å². The topological polar surface area (TPSA) is 55.1 Å². The zero-order valence-corrected chi connectivity index (χ0v) is 11.1. The zero-order chi connectivity index (χ0) is 11.4. The molecule has 0 fully saturated rings. The molecule has 0 aliphatic carbocycles. The molecule has 1 amide bonds. The Morgan fingerprint density at radius 2 is 2.27 bits per heavy atom. The van der Waals surface area contributed by atoms with Crippen molar-refractivity contribution in [1.29, 1.82) is 0 Å². The smallest absolute Gasteiger partial charge is 0.251 e. The van der Waals surface area contributed by atoms with Gasteiger partial charge in [0.25, 0.3) is 5.91 Å². The maximum absolute atomic E-state index is 11.7. The average molecular weight is 334 g/mol. The molecule has 0 saturated heterocycles. The number of carbonyl (C=O) groups is 1. The third-order valence-corrected chi connectivity index (χ3v) is 2.89. The SMILES string of the molecule is CC(NC(=O)c1cccc(I)c1)C(N)=S. The van der Waals surface area contributed by atoms with E-state index in [-0.39, 0.29) is 16.9 Å². The second-order valence-corrected chi connectivity index (χ2v) is 4.82. The number of thiocarbonyl (C=S) groups is 1. The van der Waals surface area contributed by atoms with Crippen molar-refractivity contribution in [2.45, 2.75) is 13.0 Å². The van der Waals surface area contributed by atoms with Crippen molar-refractivity contribution in [2.24, 2.45) is 5.73 Å². The summed E-state index contributed by atoms with van der Waals surface area (Å²) in [5.41, 5.74) is 6.02. The van der Waals surface area contributed by atoms with Crippen molar-refractivity contribution in [3.05, 3.63) is 33.4 Å². The molecule has 1 unspecified atom stereocenters. The van der Waals surface area contributed by atoms with Gasteiger partial charge in [-0.05, 0) is 47.7 Å². The van der Waals surface area contributed by atoms with E-state index in [1.54, 1.807) is 13.0 Å². The number of hydrogen-bond acceptors (Lipinski definition) is 2. The van der Waals surface area contributed by atoms with Gasteiger partial charge in [-0.15, -0.1) is 0 Å². The van der Waals surface area contributed by atoms with Crippen molar-refractivity contribution in [1.82, 2.24) is 5.32 Å². The third-order valence-electron chi connectivity index (χ3n) is 1.86. The fourth-order valence-electron chi connectivity index (χ4n) is 0.981. The van der Waals surface area contributed by atoms with Crippen LogP contribution in [-0.2, 0) is 0 Å². The van der Waals surface area contributed by atoms with Gasteiger partial charge in [0, 0.05) is 9.13 Å². The van der Waals surface area contributed by atoms with Crippen LogP contribution in [0.5, 0.6) is 0 Å². The van der Waals surface area contributed by atoms with Crippen LogP contribution < -0.4 is 11.1 Å².